The van der Waals surface area contributed by atoms with Crippen molar-refractivity contribution in [3.05, 3.63) is 107 Å². The van der Waals surface area contributed by atoms with Gasteiger partial charge in [0.1, 0.15) is 11.6 Å². The number of halogens is 5. The van der Waals surface area contributed by atoms with Crippen LogP contribution in [-0.2, 0) is 11.0 Å². The fourth-order valence-corrected chi connectivity index (χ4v) is 3.02. The molecule has 3 rings (SSSR count). The van der Waals surface area contributed by atoms with Crippen molar-refractivity contribution in [3.63, 3.8) is 0 Å². The SMILES string of the molecule is O=C(CNC(=O)c1ccc(F)cc1)NC(c1cccc(F)c1)c1cccc(C(F)(F)F)c1. The van der Waals surface area contributed by atoms with Gasteiger partial charge in [0.05, 0.1) is 18.2 Å². The van der Waals surface area contributed by atoms with E-state index in [0.29, 0.717) is 0 Å². The number of rotatable bonds is 6. The van der Waals surface area contributed by atoms with Crippen LogP contribution in [0, 0.1) is 11.6 Å². The summed E-state index contributed by atoms with van der Waals surface area (Å²) in [6, 6.07) is 13.0. The molecule has 1 atom stereocenters. The zero-order valence-corrected chi connectivity index (χ0v) is 16.4. The average molecular weight is 448 g/mol. The minimum absolute atomic E-state index is 0.0867. The first-order chi connectivity index (χ1) is 15.1. The van der Waals surface area contributed by atoms with Gasteiger partial charge in [-0.1, -0.05) is 24.3 Å². The Kier molecular flexibility index (Phi) is 6.87. The molecular weight excluding hydrogens is 431 g/mol. The largest absolute Gasteiger partial charge is 0.416 e. The molecule has 0 aliphatic carbocycles. The van der Waals surface area contributed by atoms with Crippen LogP contribution in [0.3, 0.4) is 0 Å². The van der Waals surface area contributed by atoms with E-state index in [2.05, 4.69) is 10.6 Å². The molecule has 32 heavy (non-hydrogen) atoms. The van der Waals surface area contributed by atoms with E-state index in [-0.39, 0.29) is 16.7 Å². The van der Waals surface area contributed by atoms with Crippen LogP contribution < -0.4 is 10.6 Å². The standard InChI is InChI=1S/C23H17F5N2O2/c24-18-9-7-14(8-10-18)22(32)29-13-20(31)30-21(16-4-2-6-19(25)12-16)15-3-1-5-17(11-15)23(26,27)28/h1-12,21H,13H2,(H,29,32)(H,30,31). The maximum atomic E-state index is 13.7. The van der Waals surface area contributed by atoms with Gasteiger partial charge in [-0.15, -0.1) is 0 Å². The highest BCUT2D eigenvalue weighted by atomic mass is 19.4. The van der Waals surface area contributed by atoms with Crippen LogP contribution in [0.1, 0.15) is 33.1 Å². The van der Waals surface area contributed by atoms with Crippen molar-refractivity contribution in [2.45, 2.75) is 12.2 Å². The van der Waals surface area contributed by atoms with Crippen LogP contribution in [0.5, 0.6) is 0 Å². The summed E-state index contributed by atoms with van der Waals surface area (Å²) in [5.41, 5.74) is -0.486. The predicted molar refractivity (Wildman–Crippen MR) is 107 cm³/mol. The van der Waals surface area contributed by atoms with Crippen molar-refractivity contribution in [2.75, 3.05) is 6.54 Å². The minimum atomic E-state index is -4.60. The maximum absolute atomic E-state index is 13.7. The molecule has 0 aliphatic rings. The second kappa shape index (κ2) is 9.59. The van der Waals surface area contributed by atoms with Crippen molar-refractivity contribution in [1.82, 2.24) is 10.6 Å². The number of alkyl halides is 3. The Morgan fingerprint density at radius 2 is 1.44 bits per heavy atom. The quantitative estimate of drug-likeness (QED) is 0.541. The molecule has 0 aromatic heterocycles. The molecule has 0 fully saturated rings. The number of hydrogen-bond donors (Lipinski definition) is 2. The highest BCUT2D eigenvalue weighted by Crippen LogP contribution is 2.32. The summed E-state index contributed by atoms with van der Waals surface area (Å²) < 4.78 is 66.1. The zero-order valence-electron chi connectivity index (χ0n) is 16.4. The van der Waals surface area contributed by atoms with Crippen LogP contribution in [-0.4, -0.2) is 18.4 Å². The maximum Gasteiger partial charge on any atom is 0.416 e. The van der Waals surface area contributed by atoms with Gasteiger partial charge in [-0.05, 0) is 59.7 Å². The molecule has 0 bridgehead atoms. The molecule has 0 aliphatic heterocycles. The molecule has 4 nitrogen and oxygen atoms in total. The Morgan fingerprint density at radius 1 is 0.812 bits per heavy atom. The van der Waals surface area contributed by atoms with E-state index in [1.54, 1.807) is 0 Å². The van der Waals surface area contributed by atoms with E-state index in [9.17, 15) is 31.5 Å². The molecule has 1 unspecified atom stereocenters. The molecule has 0 heterocycles. The molecule has 3 aromatic carbocycles. The fourth-order valence-electron chi connectivity index (χ4n) is 3.02. The van der Waals surface area contributed by atoms with Crippen LogP contribution in [0.4, 0.5) is 22.0 Å². The first-order valence-electron chi connectivity index (χ1n) is 9.39. The van der Waals surface area contributed by atoms with Gasteiger partial charge in [0.2, 0.25) is 5.91 Å². The van der Waals surface area contributed by atoms with Gasteiger partial charge >= 0.3 is 6.18 Å². The molecule has 0 radical (unpaired) electrons. The van der Waals surface area contributed by atoms with Gasteiger partial charge in [-0.2, -0.15) is 13.2 Å². The van der Waals surface area contributed by atoms with E-state index < -0.39 is 47.8 Å². The Morgan fingerprint density at radius 3 is 2.06 bits per heavy atom. The Labute approximate surface area is 180 Å². The summed E-state index contributed by atoms with van der Waals surface area (Å²) in [4.78, 5) is 24.6. The Hall–Kier alpha value is -3.75. The smallest absolute Gasteiger partial charge is 0.344 e. The van der Waals surface area contributed by atoms with E-state index in [1.165, 1.54) is 36.4 Å². The van der Waals surface area contributed by atoms with E-state index in [0.717, 1.165) is 36.4 Å². The fraction of sp³-hybridized carbons (Fsp3) is 0.130. The van der Waals surface area contributed by atoms with Crippen molar-refractivity contribution in [3.8, 4) is 0 Å². The normalized spacial score (nSPS) is 12.2. The summed E-state index contributed by atoms with van der Waals surface area (Å²) in [7, 11) is 0. The van der Waals surface area contributed by atoms with Gasteiger partial charge in [0, 0.05) is 5.56 Å². The van der Waals surface area contributed by atoms with Crippen LogP contribution in [0.25, 0.3) is 0 Å². The summed E-state index contributed by atoms with van der Waals surface area (Å²) in [6.07, 6.45) is -4.60. The van der Waals surface area contributed by atoms with Gasteiger partial charge in [0.25, 0.3) is 5.91 Å². The highest BCUT2D eigenvalue weighted by molar-refractivity contribution is 5.96. The summed E-state index contributed by atoms with van der Waals surface area (Å²) >= 11 is 0. The van der Waals surface area contributed by atoms with Gasteiger partial charge < -0.3 is 10.6 Å². The first-order valence-corrected chi connectivity index (χ1v) is 9.39. The molecule has 0 saturated carbocycles. The van der Waals surface area contributed by atoms with Crippen LogP contribution >= 0.6 is 0 Å². The molecule has 2 amide bonds. The lowest BCUT2D eigenvalue weighted by Crippen LogP contribution is -2.39. The third-order valence-corrected chi connectivity index (χ3v) is 4.55. The second-order valence-electron chi connectivity index (χ2n) is 6.87. The Bertz CT molecular complexity index is 1110. The average Bonchev–Trinajstić information content (AvgIpc) is 2.76. The first kappa shape index (κ1) is 22.9. The van der Waals surface area contributed by atoms with Gasteiger partial charge in [0.15, 0.2) is 0 Å². The van der Waals surface area contributed by atoms with Crippen molar-refractivity contribution in [1.29, 1.82) is 0 Å². The summed E-state index contributed by atoms with van der Waals surface area (Å²) in [6.45, 7) is -0.499. The van der Waals surface area contributed by atoms with Crippen LogP contribution in [0.15, 0.2) is 72.8 Å². The van der Waals surface area contributed by atoms with E-state index in [1.807, 2.05) is 0 Å². The predicted octanol–water partition coefficient (Wildman–Crippen LogP) is 4.62. The monoisotopic (exact) mass is 448 g/mol. The molecule has 2 N–H and O–H groups in total. The van der Waals surface area contributed by atoms with Crippen molar-refractivity contribution >= 4 is 11.8 Å². The van der Waals surface area contributed by atoms with Crippen molar-refractivity contribution < 1.29 is 31.5 Å². The molecule has 9 heteroatoms. The van der Waals surface area contributed by atoms with Crippen molar-refractivity contribution in [2.24, 2.45) is 0 Å². The Balaban J connectivity index is 1.79. The van der Waals surface area contributed by atoms with Gasteiger partial charge in [-0.3, -0.25) is 9.59 Å². The minimum Gasteiger partial charge on any atom is -0.344 e. The molecule has 3 aromatic rings. The lowest BCUT2D eigenvalue weighted by molar-refractivity contribution is -0.137. The lowest BCUT2D eigenvalue weighted by Gasteiger charge is -2.21. The third-order valence-electron chi connectivity index (χ3n) is 4.55. The molecular formula is C23H17F5N2O2. The number of hydrogen-bond acceptors (Lipinski definition) is 2. The number of benzene rings is 3. The van der Waals surface area contributed by atoms with E-state index in [4.69, 9.17) is 0 Å². The number of nitrogens with one attached hydrogen (secondary N) is 2. The number of amides is 2. The zero-order chi connectivity index (χ0) is 23.3. The third kappa shape index (κ3) is 5.90. The number of carbonyl (C=O) groups is 2. The topological polar surface area (TPSA) is 58.2 Å². The summed E-state index contributed by atoms with van der Waals surface area (Å²) in [5.74, 6) is -2.51. The molecule has 0 saturated heterocycles. The molecule has 166 valence electrons. The molecule has 0 spiro atoms. The second-order valence-corrected chi connectivity index (χ2v) is 6.87. The highest BCUT2D eigenvalue weighted by Gasteiger charge is 2.31. The van der Waals surface area contributed by atoms with Crippen LogP contribution in [0.2, 0.25) is 0 Å². The lowest BCUT2D eigenvalue weighted by atomic mass is 9.96. The van der Waals surface area contributed by atoms with Gasteiger partial charge in [-0.25, -0.2) is 8.78 Å². The number of carbonyl (C=O) groups excluding carboxylic acids is 2. The summed E-state index contributed by atoms with van der Waals surface area (Å²) in [5, 5.41) is 4.87. The van der Waals surface area contributed by atoms with E-state index >= 15 is 0 Å².